The van der Waals surface area contributed by atoms with Crippen molar-refractivity contribution in [3.63, 3.8) is 0 Å². The summed E-state index contributed by atoms with van der Waals surface area (Å²) in [6, 6.07) is 0.448. The molecule has 0 aliphatic heterocycles. The predicted octanol–water partition coefficient (Wildman–Crippen LogP) is 2.85. The standard InChI is InChI=1S/C14H18N4O/c1-8(11-5-9-2-3-10(11)4-9)18-13-12-6-17-19-14(12)16-7-15-13/h6-11H,2-5H2,1H3,(H,15,16,18)/t8-,9-,10-,11+/m0/s1. The quantitative estimate of drug-likeness (QED) is 0.917. The predicted molar refractivity (Wildman–Crippen MR) is 71.6 cm³/mol. The third-order valence-corrected chi connectivity index (χ3v) is 4.97. The molecule has 0 amide bonds. The van der Waals surface area contributed by atoms with E-state index in [4.69, 9.17) is 4.52 Å². The first-order chi connectivity index (χ1) is 9.31. The van der Waals surface area contributed by atoms with Crippen LogP contribution in [0.15, 0.2) is 17.0 Å². The summed E-state index contributed by atoms with van der Waals surface area (Å²) in [6.07, 6.45) is 8.87. The zero-order valence-corrected chi connectivity index (χ0v) is 11.0. The minimum atomic E-state index is 0.448. The minimum absolute atomic E-state index is 0.448. The van der Waals surface area contributed by atoms with E-state index in [2.05, 4.69) is 27.4 Å². The summed E-state index contributed by atoms with van der Waals surface area (Å²) < 4.78 is 5.07. The van der Waals surface area contributed by atoms with E-state index in [-0.39, 0.29) is 0 Å². The van der Waals surface area contributed by atoms with E-state index in [1.54, 1.807) is 6.20 Å². The topological polar surface area (TPSA) is 63.8 Å². The van der Waals surface area contributed by atoms with Crippen molar-refractivity contribution in [2.45, 2.75) is 38.6 Å². The summed E-state index contributed by atoms with van der Waals surface area (Å²) in [5.41, 5.74) is 0.553. The number of fused-ring (bicyclic) bond motifs is 3. The monoisotopic (exact) mass is 258 g/mol. The molecule has 2 aliphatic carbocycles. The SMILES string of the molecule is C[C@H](Nc1ncnc2oncc12)[C@H]1C[C@H]2CC[C@H]1C2. The Morgan fingerprint density at radius 2 is 2.26 bits per heavy atom. The molecule has 0 radical (unpaired) electrons. The molecule has 19 heavy (non-hydrogen) atoms. The van der Waals surface area contributed by atoms with Gasteiger partial charge in [0.15, 0.2) is 0 Å². The van der Waals surface area contributed by atoms with E-state index in [1.165, 1.54) is 32.0 Å². The molecular formula is C14H18N4O. The molecular weight excluding hydrogens is 240 g/mol. The second kappa shape index (κ2) is 4.18. The highest BCUT2D eigenvalue weighted by Gasteiger charge is 2.41. The molecule has 0 saturated heterocycles. The van der Waals surface area contributed by atoms with Gasteiger partial charge < -0.3 is 9.84 Å². The minimum Gasteiger partial charge on any atom is -0.367 e. The van der Waals surface area contributed by atoms with Gasteiger partial charge in [-0.3, -0.25) is 0 Å². The molecule has 1 N–H and O–H groups in total. The van der Waals surface area contributed by atoms with Crippen molar-refractivity contribution < 1.29 is 4.52 Å². The normalized spacial score (nSPS) is 30.9. The van der Waals surface area contributed by atoms with Crippen LogP contribution in [0.2, 0.25) is 0 Å². The van der Waals surface area contributed by atoms with Gasteiger partial charge in [-0.05, 0) is 43.9 Å². The van der Waals surface area contributed by atoms with Crippen molar-refractivity contribution in [3.8, 4) is 0 Å². The summed E-state index contributed by atoms with van der Waals surface area (Å²) in [4.78, 5) is 8.39. The fourth-order valence-electron chi connectivity index (χ4n) is 4.04. The highest BCUT2D eigenvalue weighted by atomic mass is 16.5. The molecule has 0 aromatic carbocycles. The molecule has 2 aromatic rings. The Balaban J connectivity index is 1.56. The lowest BCUT2D eigenvalue weighted by molar-refractivity contribution is 0.304. The second-order valence-corrected chi connectivity index (χ2v) is 6.04. The van der Waals surface area contributed by atoms with Crippen molar-refractivity contribution >= 4 is 16.9 Å². The van der Waals surface area contributed by atoms with Gasteiger partial charge in [0.25, 0.3) is 5.71 Å². The van der Waals surface area contributed by atoms with Gasteiger partial charge in [0.1, 0.15) is 17.5 Å². The van der Waals surface area contributed by atoms with Crippen molar-refractivity contribution in [3.05, 3.63) is 12.5 Å². The van der Waals surface area contributed by atoms with Crippen molar-refractivity contribution in [2.24, 2.45) is 17.8 Å². The van der Waals surface area contributed by atoms with Crippen LogP contribution >= 0.6 is 0 Å². The molecule has 2 heterocycles. The molecule has 4 rings (SSSR count). The number of hydrogen-bond acceptors (Lipinski definition) is 5. The van der Waals surface area contributed by atoms with Gasteiger partial charge in [-0.25, -0.2) is 4.98 Å². The third kappa shape index (κ3) is 1.79. The van der Waals surface area contributed by atoms with E-state index in [9.17, 15) is 0 Å². The molecule has 5 heteroatoms. The lowest BCUT2D eigenvalue weighted by Crippen LogP contribution is -2.30. The lowest BCUT2D eigenvalue weighted by Gasteiger charge is -2.28. The maximum absolute atomic E-state index is 5.07. The van der Waals surface area contributed by atoms with Gasteiger partial charge in [-0.15, -0.1) is 0 Å². The van der Waals surface area contributed by atoms with E-state index < -0.39 is 0 Å². The molecule has 5 nitrogen and oxygen atoms in total. The molecule has 2 fully saturated rings. The van der Waals surface area contributed by atoms with Gasteiger partial charge >= 0.3 is 0 Å². The van der Waals surface area contributed by atoms with Crippen LogP contribution in [0, 0.1) is 17.8 Å². The highest BCUT2D eigenvalue weighted by Crippen LogP contribution is 2.49. The van der Waals surface area contributed by atoms with Crippen LogP contribution in [0.4, 0.5) is 5.82 Å². The molecule has 4 atom stereocenters. The smallest absolute Gasteiger partial charge is 0.262 e. The van der Waals surface area contributed by atoms with Crippen molar-refractivity contribution in [1.29, 1.82) is 0 Å². The number of nitrogens with one attached hydrogen (secondary N) is 1. The number of hydrogen-bond donors (Lipinski definition) is 1. The van der Waals surface area contributed by atoms with Crippen LogP contribution in [-0.4, -0.2) is 21.2 Å². The maximum Gasteiger partial charge on any atom is 0.262 e. The summed E-state index contributed by atoms with van der Waals surface area (Å²) in [6.45, 7) is 2.27. The average molecular weight is 258 g/mol. The Hall–Kier alpha value is -1.65. The Bertz CT molecular complexity index is 596. The summed E-state index contributed by atoms with van der Waals surface area (Å²) >= 11 is 0. The fraction of sp³-hybridized carbons (Fsp3) is 0.643. The Morgan fingerprint density at radius 1 is 1.32 bits per heavy atom. The van der Waals surface area contributed by atoms with Gasteiger partial charge in [-0.1, -0.05) is 11.6 Å². The number of aromatic nitrogens is 3. The van der Waals surface area contributed by atoms with Crippen LogP contribution in [-0.2, 0) is 0 Å². The molecule has 0 spiro atoms. The van der Waals surface area contributed by atoms with Crippen LogP contribution < -0.4 is 5.32 Å². The summed E-state index contributed by atoms with van der Waals surface area (Å²) in [5.74, 6) is 3.51. The number of anilines is 1. The number of nitrogens with zero attached hydrogens (tertiary/aromatic N) is 3. The molecule has 100 valence electrons. The van der Waals surface area contributed by atoms with Crippen LogP contribution in [0.1, 0.15) is 32.6 Å². The van der Waals surface area contributed by atoms with Gasteiger partial charge in [-0.2, -0.15) is 4.98 Å². The van der Waals surface area contributed by atoms with Crippen molar-refractivity contribution in [1.82, 2.24) is 15.1 Å². The molecule has 2 aromatic heterocycles. The Morgan fingerprint density at radius 3 is 3.05 bits per heavy atom. The van der Waals surface area contributed by atoms with Gasteiger partial charge in [0.2, 0.25) is 0 Å². The highest BCUT2D eigenvalue weighted by molar-refractivity contribution is 5.84. The van der Waals surface area contributed by atoms with E-state index >= 15 is 0 Å². The molecule has 2 bridgehead atoms. The lowest BCUT2D eigenvalue weighted by atomic mass is 9.84. The van der Waals surface area contributed by atoms with Crippen LogP contribution in [0.3, 0.4) is 0 Å². The van der Waals surface area contributed by atoms with Gasteiger partial charge in [0.05, 0.1) is 6.20 Å². The zero-order valence-electron chi connectivity index (χ0n) is 11.0. The van der Waals surface area contributed by atoms with E-state index in [1.807, 2.05) is 0 Å². The van der Waals surface area contributed by atoms with Gasteiger partial charge in [0, 0.05) is 6.04 Å². The van der Waals surface area contributed by atoms with Crippen LogP contribution in [0.25, 0.3) is 11.1 Å². The number of rotatable bonds is 3. The largest absolute Gasteiger partial charge is 0.367 e. The van der Waals surface area contributed by atoms with Crippen molar-refractivity contribution in [2.75, 3.05) is 5.32 Å². The van der Waals surface area contributed by atoms with E-state index in [0.717, 1.165) is 29.0 Å². The first kappa shape index (κ1) is 11.2. The first-order valence-electron chi connectivity index (χ1n) is 7.13. The summed E-state index contributed by atoms with van der Waals surface area (Å²) in [5, 5.41) is 8.21. The fourth-order valence-corrected chi connectivity index (χ4v) is 4.04. The second-order valence-electron chi connectivity index (χ2n) is 6.04. The van der Waals surface area contributed by atoms with E-state index in [0.29, 0.717) is 11.8 Å². The first-order valence-corrected chi connectivity index (χ1v) is 7.13. The maximum atomic E-state index is 5.07. The Kier molecular flexibility index (Phi) is 2.47. The average Bonchev–Trinajstić information content (AvgIpc) is 3.14. The molecule has 2 saturated carbocycles. The van der Waals surface area contributed by atoms with Crippen LogP contribution in [0.5, 0.6) is 0 Å². The Labute approximate surface area is 111 Å². The third-order valence-electron chi connectivity index (χ3n) is 4.97. The summed E-state index contributed by atoms with van der Waals surface area (Å²) in [7, 11) is 0. The molecule has 0 unspecified atom stereocenters. The zero-order chi connectivity index (χ0) is 12.8. The molecule has 2 aliphatic rings.